The van der Waals surface area contributed by atoms with Gasteiger partial charge in [0.05, 0.1) is 29.5 Å². The van der Waals surface area contributed by atoms with Gasteiger partial charge < -0.3 is 15.2 Å². The zero-order chi connectivity index (χ0) is 21.3. The van der Waals surface area contributed by atoms with E-state index in [2.05, 4.69) is 4.98 Å². The third kappa shape index (κ3) is 3.76. The number of carbonyl (C=O) groups excluding carboxylic acids is 1. The largest absolute Gasteiger partial charge is 0.463 e. The van der Waals surface area contributed by atoms with Crippen LogP contribution in [0.3, 0.4) is 0 Å². The lowest BCUT2D eigenvalue weighted by Crippen LogP contribution is -2.27. The van der Waals surface area contributed by atoms with Crippen LogP contribution in [0.4, 0.5) is 0 Å². The summed E-state index contributed by atoms with van der Waals surface area (Å²) in [5, 5.41) is 10.7. The highest BCUT2D eigenvalue weighted by molar-refractivity contribution is 6.31. The highest BCUT2D eigenvalue weighted by atomic mass is 35.5. The van der Waals surface area contributed by atoms with Gasteiger partial charge in [0, 0.05) is 10.9 Å². The van der Waals surface area contributed by atoms with Crippen molar-refractivity contribution in [3.63, 3.8) is 0 Å². The van der Waals surface area contributed by atoms with E-state index in [4.69, 9.17) is 38.4 Å². The second-order valence-corrected chi connectivity index (χ2v) is 7.26. The molecule has 1 unspecified atom stereocenters. The summed E-state index contributed by atoms with van der Waals surface area (Å²) in [4.78, 5) is 17.3. The molecular weight excluding hydrogens is 413 g/mol. The summed E-state index contributed by atoms with van der Waals surface area (Å²) >= 11 is 12.5. The van der Waals surface area contributed by atoms with Crippen LogP contribution in [-0.4, -0.2) is 23.4 Å². The number of benzene rings is 1. The molecule has 0 radical (unpaired) electrons. The first-order valence-electron chi connectivity index (χ1n) is 8.93. The van der Waals surface area contributed by atoms with Gasteiger partial charge in [0.15, 0.2) is 0 Å². The maximum absolute atomic E-state index is 12.7. The minimum absolute atomic E-state index is 0.0503. The molecule has 0 spiro atoms. The Bertz CT molecular complexity index is 1120. The summed E-state index contributed by atoms with van der Waals surface area (Å²) in [7, 11) is 0. The number of rotatable bonds is 4. The van der Waals surface area contributed by atoms with E-state index < -0.39 is 11.9 Å². The molecule has 0 amide bonds. The van der Waals surface area contributed by atoms with Gasteiger partial charge in [-0.1, -0.05) is 23.2 Å². The third-order valence-electron chi connectivity index (χ3n) is 4.66. The topological polar surface area (TPSA) is 98.2 Å². The highest BCUT2D eigenvalue weighted by Crippen LogP contribution is 2.43. The number of hydrogen-bond donors (Lipinski definition) is 1. The molecule has 1 aliphatic rings. The molecule has 6 nitrogen and oxygen atoms in total. The third-order valence-corrected chi connectivity index (χ3v) is 5.20. The molecule has 0 saturated carbocycles. The molecule has 8 heteroatoms. The number of carbonyl (C=O) groups is 1. The fourth-order valence-electron chi connectivity index (χ4n) is 3.51. The standard InChI is InChI=1S/C21H19Cl2N3O3/c1-4-28-21(27)17-15(8-22)29-20(25)14(9-24)16(17)13-7-12-6-10(2)5-11(3)18(12)26-19(13)23/h5-7,16H,4,8,25H2,1-3H3. The molecule has 0 aliphatic carbocycles. The van der Waals surface area contributed by atoms with Gasteiger partial charge in [-0.2, -0.15) is 5.26 Å². The molecule has 3 rings (SSSR count). The second-order valence-electron chi connectivity index (χ2n) is 6.64. The van der Waals surface area contributed by atoms with Crippen LogP contribution < -0.4 is 5.73 Å². The zero-order valence-corrected chi connectivity index (χ0v) is 17.7. The van der Waals surface area contributed by atoms with Gasteiger partial charge in [-0.25, -0.2) is 9.78 Å². The van der Waals surface area contributed by atoms with Crippen molar-refractivity contribution in [2.75, 3.05) is 12.5 Å². The van der Waals surface area contributed by atoms with Gasteiger partial charge in [-0.15, -0.1) is 11.6 Å². The molecule has 150 valence electrons. The van der Waals surface area contributed by atoms with E-state index in [1.807, 2.05) is 38.1 Å². The smallest absolute Gasteiger partial charge is 0.338 e. The number of aromatic nitrogens is 1. The molecule has 2 N–H and O–H groups in total. The lowest BCUT2D eigenvalue weighted by atomic mass is 9.83. The molecule has 1 atom stereocenters. The Kier molecular flexibility index (Phi) is 6.02. The van der Waals surface area contributed by atoms with Crippen LogP contribution in [0.2, 0.25) is 5.15 Å². The number of fused-ring (bicyclic) bond motifs is 1. The number of nitriles is 1. The first-order valence-corrected chi connectivity index (χ1v) is 9.84. The van der Waals surface area contributed by atoms with Crippen LogP contribution in [0.25, 0.3) is 10.9 Å². The van der Waals surface area contributed by atoms with Crippen molar-refractivity contribution in [3.05, 3.63) is 62.8 Å². The van der Waals surface area contributed by atoms with Crippen molar-refractivity contribution in [2.45, 2.75) is 26.7 Å². The first-order chi connectivity index (χ1) is 13.8. The molecule has 2 heterocycles. The SMILES string of the molecule is CCOC(=O)C1=C(CCl)OC(N)=C(C#N)C1c1cc2cc(C)cc(C)c2nc1Cl. The van der Waals surface area contributed by atoms with Crippen molar-refractivity contribution in [2.24, 2.45) is 5.73 Å². The average molecular weight is 432 g/mol. The van der Waals surface area contributed by atoms with Crippen LogP contribution in [0, 0.1) is 25.2 Å². The predicted octanol–water partition coefficient (Wildman–Crippen LogP) is 4.37. The first kappa shape index (κ1) is 21.0. The van der Waals surface area contributed by atoms with E-state index in [1.54, 1.807) is 6.92 Å². The maximum Gasteiger partial charge on any atom is 0.338 e. The normalized spacial score (nSPS) is 16.6. The second kappa shape index (κ2) is 8.32. The van der Waals surface area contributed by atoms with Crippen molar-refractivity contribution in [3.8, 4) is 6.07 Å². The Labute approximate surface area is 178 Å². The fourth-order valence-corrected chi connectivity index (χ4v) is 3.96. The van der Waals surface area contributed by atoms with Crippen LogP contribution in [0.15, 0.2) is 41.0 Å². The number of allylic oxidation sites excluding steroid dienone is 2. The van der Waals surface area contributed by atoms with Crippen LogP contribution in [-0.2, 0) is 14.3 Å². The van der Waals surface area contributed by atoms with Gasteiger partial charge in [0.1, 0.15) is 22.6 Å². The van der Waals surface area contributed by atoms with Gasteiger partial charge in [0.25, 0.3) is 0 Å². The monoisotopic (exact) mass is 431 g/mol. The Balaban J connectivity index is 2.32. The highest BCUT2D eigenvalue weighted by Gasteiger charge is 2.38. The Morgan fingerprint density at radius 1 is 1.38 bits per heavy atom. The van der Waals surface area contributed by atoms with E-state index in [0.717, 1.165) is 22.0 Å². The number of hydrogen-bond acceptors (Lipinski definition) is 6. The number of nitrogens with zero attached hydrogens (tertiary/aromatic N) is 2. The molecule has 0 fully saturated rings. The summed E-state index contributed by atoms with van der Waals surface area (Å²) in [6.45, 7) is 5.75. The summed E-state index contributed by atoms with van der Waals surface area (Å²) in [5.41, 5.74) is 9.32. The number of nitrogens with two attached hydrogens (primary N) is 1. The van der Waals surface area contributed by atoms with E-state index in [1.165, 1.54) is 0 Å². The predicted molar refractivity (Wildman–Crippen MR) is 111 cm³/mol. The van der Waals surface area contributed by atoms with Crippen molar-refractivity contribution >= 4 is 40.1 Å². The lowest BCUT2D eigenvalue weighted by Gasteiger charge is -2.28. The van der Waals surface area contributed by atoms with Gasteiger partial charge in [0.2, 0.25) is 5.88 Å². The molecule has 0 bridgehead atoms. The Morgan fingerprint density at radius 2 is 2.10 bits per heavy atom. The minimum atomic E-state index is -0.897. The number of pyridine rings is 1. The fraction of sp³-hybridized carbons (Fsp3) is 0.286. The van der Waals surface area contributed by atoms with Crippen molar-refractivity contribution in [1.82, 2.24) is 4.98 Å². The molecular formula is C21H19Cl2N3O3. The maximum atomic E-state index is 12.7. The molecule has 1 aromatic carbocycles. The number of halogens is 2. The number of ether oxygens (including phenoxy) is 2. The van der Waals surface area contributed by atoms with Crippen molar-refractivity contribution in [1.29, 1.82) is 5.26 Å². The summed E-state index contributed by atoms with van der Waals surface area (Å²) in [6.07, 6.45) is 0. The minimum Gasteiger partial charge on any atom is -0.463 e. The summed E-state index contributed by atoms with van der Waals surface area (Å²) in [5.74, 6) is -1.67. The molecule has 1 aromatic heterocycles. The summed E-state index contributed by atoms with van der Waals surface area (Å²) < 4.78 is 10.6. The number of alkyl halides is 1. The Hall–Kier alpha value is -2.75. The van der Waals surface area contributed by atoms with E-state index >= 15 is 0 Å². The summed E-state index contributed by atoms with van der Waals surface area (Å²) in [6, 6.07) is 7.82. The molecule has 29 heavy (non-hydrogen) atoms. The van der Waals surface area contributed by atoms with Gasteiger partial charge in [-0.3, -0.25) is 0 Å². The van der Waals surface area contributed by atoms with E-state index in [0.29, 0.717) is 5.56 Å². The average Bonchev–Trinajstić information content (AvgIpc) is 2.67. The quantitative estimate of drug-likeness (QED) is 0.438. The van der Waals surface area contributed by atoms with Gasteiger partial charge in [-0.05, 0) is 38.5 Å². The van der Waals surface area contributed by atoms with E-state index in [9.17, 15) is 10.1 Å². The molecule has 2 aromatic rings. The lowest BCUT2D eigenvalue weighted by molar-refractivity contribution is -0.139. The van der Waals surface area contributed by atoms with Crippen molar-refractivity contribution < 1.29 is 14.3 Å². The number of aryl methyl sites for hydroxylation is 2. The van der Waals surface area contributed by atoms with Crippen LogP contribution in [0.1, 0.15) is 29.5 Å². The van der Waals surface area contributed by atoms with E-state index in [-0.39, 0.29) is 40.4 Å². The zero-order valence-electron chi connectivity index (χ0n) is 16.2. The number of esters is 1. The van der Waals surface area contributed by atoms with Crippen LogP contribution >= 0.6 is 23.2 Å². The Morgan fingerprint density at radius 3 is 2.72 bits per heavy atom. The van der Waals surface area contributed by atoms with Gasteiger partial charge >= 0.3 is 5.97 Å². The van der Waals surface area contributed by atoms with Crippen LogP contribution in [0.5, 0.6) is 0 Å². The molecule has 1 aliphatic heterocycles. The molecule has 0 saturated heterocycles.